The van der Waals surface area contributed by atoms with Gasteiger partial charge in [-0.1, -0.05) is 91.0 Å². The molecular weight excluding hydrogens is 458 g/mol. The summed E-state index contributed by atoms with van der Waals surface area (Å²) in [5, 5.41) is 2.69. The Hall–Kier alpha value is -3.52. The second-order valence-corrected chi connectivity index (χ2v) is 8.68. The Morgan fingerprint density at radius 1 is 0.750 bits per heavy atom. The zero-order valence-corrected chi connectivity index (χ0v) is 20.2. The normalized spacial score (nSPS) is 21.5. The van der Waals surface area contributed by atoms with Crippen LogP contribution in [0.4, 0.5) is 0 Å². The fourth-order valence-electron chi connectivity index (χ4n) is 4.11. The molecule has 3 aromatic rings. The summed E-state index contributed by atoms with van der Waals surface area (Å²) in [6.07, 6.45) is -2.15. The molecule has 1 heterocycles. The predicted molar refractivity (Wildman–Crippen MR) is 134 cm³/mol. The molecule has 7 heteroatoms. The smallest absolute Gasteiger partial charge is 0.331 e. The van der Waals surface area contributed by atoms with Crippen LogP contribution in [0.3, 0.4) is 0 Å². The molecular formula is C29H31NO6. The van der Waals surface area contributed by atoms with Crippen LogP contribution in [0.2, 0.25) is 0 Å². The first kappa shape index (κ1) is 25.6. The monoisotopic (exact) mass is 489 g/mol. The van der Waals surface area contributed by atoms with Gasteiger partial charge in [0.25, 0.3) is 0 Å². The van der Waals surface area contributed by atoms with Crippen LogP contribution in [0.1, 0.15) is 23.6 Å². The fourth-order valence-corrected chi connectivity index (χ4v) is 4.11. The average molecular weight is 490 g/mol. The molecule has 1 fully saturated rings. The van der Waals surface area contributed by atoms with E-state index in [4.69, 9.17) is 18.9 Å². The topological polar surface area (TPSA) is 83.1 Å². The lowest BCUT2D eigenvalue weighted by Gasteiger charge is -2.41. The molecule has 0 aromatic heterocycles. The summed E-state index contributed by atoms with van der Waals surface area (Å²) in [5.74, 6) is -0.929. The Morgan fingerprint density at radius 3 is 1.72 bits per heavy atom. The van der Waals surface area contributed by atoms with Crippen LogP contribution >= 0.6 is 0 Å². The summed E-state index contributed by atoms with van der Waals surface area (Å²) >= 11 is 0. The molecule has 0 saturated carbocycles. The minimum atomic E-state index is -1.00. The lowest BCUT2D eigenvalue weighted by molar-refractivity contribution is -0.213. The van der Waals surface area contributed by atoms with Gasteiger partial charge in [0.05, 0.1) is 26.4 Å². The average Bonchev–Trinajstić information content (AvgIpc) is 2.90. The van der Waals surface area contributed by atoms with Crippen LogP contribution in [-0.4, -0.2) is 42.8 Å². The van der Waals surface area contributed by atoms with Gasteiger partial charge >= 0.3 is 5.97 Å². The Kier molecular flexibility index (Phi) is 9.21. The number of esters is 1. The molecule has 1 aliphatic heterocycles. The van der Waals surface area contributed by atoms with Crippen LogP contribution in [0.5, 0.6) is 0 Å². The molecule has 0 aliphatic carbocycles. The first-order valence-corrected chi connectivity index (χ1v) is 12.0. The van der Waals surface area contributed by atoms with Gasteiger partial charge in [0, 0.05) is 6.92 Å². The van der Waals surface area contributed by atoms with Crippen LogP contribution in [-0.2, 0) is 48.4 Å². The van der Waals surface area contributed by atoms with Crippen LogP contribution in [0.25, 0.3) is 0 Å². The summed E-state index contributed by atoms with van der Waals surface area (Å²) in [7, 11) is 0. The highest BCUT2D eigenvalue weighted by Crippen LogP contribution is 2.26. The van der Waals surface area contributed by atoms with Gasteiger partial charge in [-0.3, -0.25) is 4.79 Å². The summed E-state index contributed by atoms with van der Waals surface area (Å²) in [6, 6.07) is 28.1. The second-order valence-electron chi connectivity index (χ2n) is 8.68. The number of ether oxygens (including phenoxy) is 4. The Balaban J connectivity index is 1.54. The number of carbonyl (C=O) groups excluding carboxylic acids is 2. The third kappa shape index (κ3) is 7.24. The first-order valence-electron chi connectivity index (χ1n) is 12.0. The highest BCUT2D eigenvalue weighted by molar-refractivity contribution is 5.84. The molecule has 1 amide bonds. The van der Waals surface area contributed by atoms with Crippen LogP contribution in [0.15, 0.2) is 91.0 Å². The highest BCUT2D eigenvalue weighted by atomic mass is 16.6. The zero-order chi connectivity index (χ0) is 25.2. The van der Waals surface area contributed by atoms with Crippen molar-refractivity contribution in [3.05, 3.63) is 108 Å². The molecule has 1 saturated heterocycles. The maximum absolute atomic E-state index is 13.0. The maximum atomic E-state index is 13.0. The number of hydrogen-bond donors (Lipinski definition) is 1. The standard InChI is InChI=1S/C29H31NO6/c1-21(31)30-26-28(35-19-24-15-9-4-10-16-24)27(34-18-23-13-7-3-8-14-23)25(36-29(26)32)20-33-17-22-11-5-2-6-12-22/h2-16,25-28H,17-20H2,1H3,(H,30,31). The lowest BCUT2D eigenvalue weighted by atomic mass is 9.96. The van der Waals surface area contributed by atoms with E-state index >= 15 is 0 Å². The number of carbonyl (C=O) groups is 2. The van der Waals surface area contributed by atoms with E-state index in [9.17, 15) is 9.59 Å². The number of rotatable bonds is 11. The van der Waals surface area contributed by atoms with E-state index in [-0.39, 0.29) is 25.7 Å². The van der Waals surface area contributed by atoms with Crippen molar-refractivity contribution in [3.63, 3.8) is 0 Å². The fraction of sp³-hybridized carbons (Fsp3) is 0.310. The van der Waals surface area contributed by atoms with Gasteiger partial charge in [-0.15, -0.1) is 0 Å². The van der Waals surface area contributed by atoms with Crippen LogP contribution < -0.4 is 5.32 Å². The van der Waals surface area contributed by atoms with Gasteiger partial charge in [0.1, 0.15) is 12.2 Å². The SMILES string of the molecule is CC(=O)NC1C(=O)OC(COCc2ccccc2)C(OCc2ccccc2)C1OCc1ccccc1. The predicted octanol–water partition coefficient (Wildman–Crippen LogP) is 3.80. The van der Waals surface area contributed by atoms with Crippen molar-refractivity contribution >= 4 is 11.9 Å². The quantitative estimate of drug-likeness (QED) is 0.413. The van der Waals surface area contributed by atoms with Crippen LogP contribution in [0, 0.1) is 0 Å². The third-order valence-electron chi connectivity index (χ3n) is 5.86. The van der Waals surface area contributed by atoms with Gasteiger partial charge in [-0.05, 0) is 16.7 Å². The molecule has 36 heavy (non-hydrogen) atoms. The van der Waals surface area contributed by atoms with E-state index in [0.29, 0.717) is 6.61 Å². The third-order valence-corrected chi connectivity index (χ3v) is 5.86. The first-order chi connectivity index (χ1) is 17.6. The molecule has 0 radical (unpaired) electrons. The van der Waals surface area contributed by atoms with Crippen molar-refractivity contribution in [1.29, 1.82) is 0 Å². The Bertz CT molecular complexity index is 1090. The largest absolute Gasteiger partial charge is 0.455 e. The summed E-state index contributed by atoms with van der Waals surface area (Å²) in [5.41, 5.74) is 2.92. The molecule has 4 unspecified atom stereocenters. The molecule has 0 spiro atoms. The maximum Gasteiger partial charge on any atom is 0.331 e. The minimum absolute atomic E-state index is 0.123. The number of amides is 1. The lowest BCUT2D eigenvalue weighted by Crippen LogP contribution is -2.63. The number of nitrogens with one attached hydrogen (secondary N) is 1. The Morgan fingerprint density at radius 2 is 1.22 bits per heavy atom. The van der Waals surface area contributed by atoms with Gasteiger partial charge in [-0.2, -0.15) is 0 Å². The summed E-state index contributed by atoms with van der Waals surface area (Å²) in [4.78, 5) is 24.9. The minimum Gasteiger partial charge on any atom is -0.455 e. The molecule has 7 nitrogen and oxygen atoms in total. The molecule has 1 N–H and O–H groups in total. The molecule has 4 atom stereocenters. The Labute approximate surface area is 211 Å². The van der Waals surface area contributed by atoms with Gasteiger partial charge in [0.15, 0.2) is 12.1 Å². The van der Waals surface area contributed by atoms with Crippen molar-refractivity contribution in [3.8, 4) is 0 Å². The van der Waals surface area contributed by atoms with Crippen molar-refractivity contribution in [2.75, 3.05) is 6.61 Å². The summed E-state index contributed by atoms with van der Waals surface area (Å²) < 4.78 is 24.2. The van der Waals surface area contributed by atoms with E-state index in [0.717, 1.165) is 16.7 Å². The van der Waals surface area contributed by atoms with E-state index in [1.54, 1.807) is 0 Å². The van der Waals surface area contributed by atoms with Crippen molar-refractivity contribution in [1.82, 2.24) is 5.32 Å². The van der Waals surface area contributed by atoms with E-state index in [1.807, 2.05) is 91.0 Å². The number of hydrogen-bond acceptors (Lipinski definition) is 6. The molecule has 188 valence electrons. The molecule has 4 rings (SSSR count). The van der Waals surface area contributed by atoms with Crippen molar-refractivity contribution in [2.45, 2.75) is 51.1 Å². The molecule has 1 aliphatic rings. The molecule has 3 aromatic carbocycles. The summed E-state index contributed by atoms with van der Waals surface area (Å²) in [6.45, 7) is 2.38. The van der Waals surface area contributed by atoms with Gasteiger partial charge in [0.2, 0.25) is 5.91 Å². The van der Waals surface area contributed by atoms with Crippen molar-refractivity contribution < 1.29 is 28.5 Å². The van der Waals surface area contributed by atoms with E-state index in [2.05, 4.69) is 5.32 Å². The second kappa shape index (κ2) is 13.0. The highest BCUT2D eigenvalue weighted by Gasteiger charge is 2.48. The van der Waals surface area contributed by atoms with Gasteiger partial charge in [-0.25, -0.2) is 4.79 Å². The van der Waals surface area contributed by atoms with E-state index in [1.165, 1.54) is 6.92 Å². The van der Waals surface area contributed by atoms with Gasteiger partial charge < -0.3 is 24.3 Å². The number of cyclic esters (lactones) is 1. The zero-order valence-electron chi connectivity index (χ0n) is 20.2. The number of benzene rings is 3. The molecule has 0 bridgehead atoms. The van der Waals surface area contributed by atoms with E-state index < -0.39 is 30.3 Å². The van der Waals surface area contributed by atoms with Crippen molar-refractivity contribution in [2.24, 2.45) is 0 Å².